The molecule has 0 spiro atoms. The first kappa shape index (κ1) is 10.5. The van der Waals surface area contributed by atoms with Crippen LogP contribution in [0, 0.1) is 0 Å². The summed E-state index contributed by atoms with van der Waals surface area (Å²) in [5.74, 6) is 0.446. The number of nitrogens with two attached hydrogens (primary N) is 1. The molecule has 6 heteroatoms. The van der Waals surface area contributed by atoms with Crippen LogP contribution in [0.2, 0.25) is 0 Å². The summed E-state index contributed by atoms with van der Waals surface area (Å²) in [5, 5.41) is 5.84. The van der Waals surface area contributed by atoms with Gasteiger partial charge in [0.1, 0.15) is 11.5 Å². The van der Waals surface area contributed by atoms with E-state index in [1.807, 2.05) is 30.3 Å². The molecule has 2 aromatic rings. The van der Waals surface area contributed by atoms with E-state index in [1.54, 1.807) is 0 Å². The Kier molecular flexibility index (Phi) is 2.33. The Bertz CT molecular complexity index is 611. The zero-order chi connectivity index (χ0) is 12.5. The van der Waals surface area contributed by atoms with Crippen molar-refractivity contribution in [3.63, 3.8) is 0 Å². The lowest BCUT2D eigenvalue weighted by Crippen LogP contribution is -2.13. The number of amides is 1. The van der Waals surface area contributed by atoms with E-state index in [0.29, 0.717) is 18.1 Å². The third-order valence-corrected chi connectivity index (χ3v) is 2.70. The molecule has 90 valence electrons. The maximum absolute atomic E-state index is 11.5. The van der Waals surface area contributed by atoms with Crippen molar-refractivity contribution in [2.24, 2.45) is 0 Å². The summed E-state index contributed by atoms with van der Waals surface area (Å²) in [6, 6.07) is 9.58. The maximum Gasteiger partial charge on any atom is 0.270 e. The van der Waals surface area contributed by atoms with Crippen LogP contribution in [0.3, 0.4) is 0 Å². The van der Waals surface area contributed by atoms with Crippen molar-refractivity contribution in [1.29, 1.82) is 0 Å². The van der Waals surface area contributed by atoms with Crippen molar-refractivity contribution in [3.05, 3.63) is 41.6 Å². The third-order valence-electron chi connectivity index (χ3n) is 2.70. The van der Waals surface area contributed by atoms with Crippen molar-refractivity contribution < 1.29 is 4.79 Å². The molecule has 0 saturated heterocycles. The van der Waals surface area contributed by atoms with Gasteiger partial charge in [0.05, 0.1) is 0 Å². The Morgan fingerprint density at radius 1 is 1.22 bits per heavy atom. The van der Waals surface area contributed by atoms with E-state index in [1.165, 1.54) is 0 Å². The van der Waals surface area contributed by atoms with Crippen molar-refractivity contribution in [2.45, 2.75) is 6.54 Å². The summed E-state index contributed by atoms with van der Waals surface area (Å²) in [6.45, 7) is 0.420. The third kappa shape index (κ3) is 1.73. The van der Waals surface area contributed by atoms with Crippen LogP contribution in [0.25, 0.3) is 0 Å². The Hall–Kier alpha value is -2.63. The van der Waals surface area contributed by atoms with Crippen LogP contribution in [0.1, 0.15) is 16.1 Å². The normalized spacial score (nSPS) is 13.0. The second kappa shape index (κ2) is 3.99. The van der Waals surface area contributed by atoms with Gasteiger partial charge in [-0.05, 0) is 12.1 Å². The minimum Gasteiger partial charge on any atom is -0.368 e. The fraction of sp³-hybridized carbons (Fsp3) is 0.0833. The average molecular weight is 241 g/mol. The lowest BCUT2D eigenvalue weighted by molar-refractivity contribution is 0.0961. The van der Waals surface area contributed by atoms with Gasteiger partial charge in [0.15, 0.2) is 0 Å². The van der Waals surface area contributed by atoms with Gasteiger partial charge in [0.2, 0.25) is 5.95 Å². The number of benzene rings is 1. The van der Waals surface area contributed by atoms with Crippen LogP contribution in [0.4, 0.5) is 17.5 Å². The predicted octanol–water partition coefficient (Wildman–Crippen LogP) is 1.05. The zero-order valence-corrected chi connectivity index (χ0v) is 9.47. The van der Waals surface area contributed by atoms with Crippen LogP contribution in [-0.4, -0.2) is 15.9 Å². The summed E-state index contributed by atoms with van der Waals surface area (Å²) in [6.07, 6.45) is 0. The van der Waals surface area contributed by atoms with Gasteiger partial charge in [-0.15, -0.1) is 0 Å². The summed E-state index contributed by atoms with van der Waals surface area (Å²) in [4.78, 5) is 19.6. The van der Waals surface area contributed by atoms with Gasteiger partial charge < -0.3 is 16.4 Å². The van der Waals surface area contributed by atoms with Crippen LogP contribution in [0.5, 0.6) is 0 Å². The Labute approximate surface area is 103 Å². The number of aromatic nitrogens is 2. The number of carbonyl (C=O) groups is 1. The number of para-hydroxylation sites is 1. The number of rotatable bonds is 2. The van der Waals surface area contributed by atoms with E-state index in [4.69, 9.17) is 5.73 Å². The average Bonchev–Trinajstić information content (AvgIpc) is 2.73. The van der Waals surface area contributed by atoms with E-state index in [-0.39, 0.29) is 11.9 Å². The van der Waals surface area contributed by atoms with E-state index in [9.17, 15) is 4.79 Å². The quantitative estimate of drug-likeness (QED) is 0.730. The lowest BCUT2D eigenvalue weighted by Gasteiger charge is -2.09. The van der Waals surface area contributed by atoms with E-state index < -0.39 is 0 Å². The summed E-state index contributed by atoms with van der Waals surface area (Å²) in [5.41, 5.74) is 7.59. The second-order valence-electron chi connectivity index (χ2n) is 3.93. The number of nitrogens with one attached hydrogen (secondary N) is 2. The second-order valence-corrected chi connectivity index (χ2v) is 3.93. The molecule has 2 heterocycles. The molecule has 0 radical (unpaired) electrons. The first-order valence-corrected chi connectivity index (χ1v) is 5.51. The van der Waals surface area contributed by atoms with E-state index in [0.717, 1.165) is 11.3 Å². The van der Waals surface area contributed by atoms with Crippen molar-refractivity contribution >= 4 is 23.4 Å². The number of hydrogen-bond donors (Lipinski definition) is 3. The molecule has 0 unspecified atom stereocenters. The number of fused-ring (bicyclic) bond motifs is 1. The molecule has 18 heavy (non-hydrogen) atoms. The van der Waals surface area contributed by atoms with Crippen LogP contribution < -0.4 is 16.4 Å². The van der Waals surface area contributed by atoms with Gasteiger partial charge in [0.25, 0.3) is 5.91 Å². The minimum atomic E-state index is -0.213. The van der Waals surface area contributed by atoms with Gasteiger partial charge >= 0.3 is 0 Å². The highest BCUT2D eigenvalue weighted by molar-refractivity contribution is 5.98. The molecule has 1 aromatic heterocycles. The smallest absolute Gasteiger partial charge is 0.270 e. The van der Waals surface area contributed by atoms with E-state index in [2.05, 4.69) is 20.6 Å². The Morgan fingerprint density at radius 3 is 2.78 bits per heavy atom. The van der Waals surface area contributed by atoms with E-state index >= 15 is 0 Å². The van der Waals surface area contributed by atoms with Gasteiger partial charge in [-0.1, -0.05) is 18.2 Å². The van der Waals surface area contributed by atoms with Crippen molar-refractivity contribution in [1.82, 2.24) is 15.3 Å². The SMILES string of the molecule is Nc1nc(Nc2ccccc2)c2c(n1)C(=O)NC2. The fourth-order valence-corrected chi connectivity index (χ4v) is 1.87. The van der Waals surface area contributed by atoms with Crippen LogP contribution in [0.15, 0.2) is 30.3 Å². The molecular formula is C12H11N5O. The molecule has 0 atom stereocenters. The molecule has 1 aromatic carbocycles. The van der Waals surface area contributed by atoms with Gasteiger partial charge in [-0.3, -0.25) is 4.79 Å². The molecule has 0 fully saturated rings. The largest absolute Gasteiger partial charge is 0.368 e. The monoisotopic (exact) mass is 241 g/mol. The summed E-state index contributed by atoms with van der Waals surface area (Å²) >= 11 is 0. The number of nitrogens with zero attached hydrogens (tertiary/aromatic N) is 2. The summed E-state index contributed by atoms with van der Waals surface area (Å²) in [7, 11) is 0. The number of carbonyl (C=O) groups excluding carboxylic acids is 1. The molecule has 0 bridgehead atoms. The first-order chi connectivity index (χ1) is 8.74. The molecule has 4 N–H and O–H groups in total. The highest BCUT2D eigenvalue weighted by Gasteiger charge is 2.25. The van der Waals surface area contributed by atoms with Gasteiger partial charge in [-0.25, -0.2) is 4.98 Å². The van der Waals surface area contributed by atoms with Gasteiger partial charge in [0, 0.05) is 17.8 Å². The zero-order valence-electron chi connectivity index (χ0n) is 9.47. The lowest BCUT2D eigenvalue weighted by atomic mass is 10.2. The number of anilines is 3. The van der Waals surface area contributed by atoms with Crippen LogP contribution in [-0.2, 0) is 6.54 Å². The molecule has 6 nitrogen and oxygen atoms in total. The highest BCUT2D eigenvalue weighted by atomic mass is 16.2. The minimum absolute atomic E-state index is 0.0873. The molecule has 0 saturated carbocycles. The molecule has 1 aliphatic rings. The molecule has 1 amide bonds. The van der Waals surface area contributed by atoms with Crippen LogP contribution >= 0.6 is 0 Å². The summed E-state index contributed by atoms with van der Waals surface area (Å²) < 4.78 is 0. The maximum atomic E-state index is 11.5. The van der Waals surface area contributed by atoms with Crippen molar-refractivity contribution in [2.75, 3.05) is 11.1 Å². The Morgan fingerprint density at radius 2 is 2.00 bits per heavy atom. The topological polar surface area (TPSA) is 92.9 Å². The first-order valence-electron chi connectivity index (χ1n) is 5.51. The Balaban J connectivity index is 2.03. The standard InChI is InChI=1S/C12H11N5O/c13-12-16-9-8(6-14-11(9)18)10(17-12)15-7-4-2-1-3-5-7/h1-5H,6H2,(H,14,18)(H3,13,15,16,17). The fourth-order valence-electron chi connectivity index (χ4n) is 1.87. The number of hydrogen-bond acceptors (Lipinski definition) is 5. The molecule has 1 aliphatic heterocycles. The van der Waals surface area contributed by atoms with Gasteiger partial charge in [-0.2, -0.15) is 4.98 Å². The van der Waals surface area contributed by atoms with Crippen molar-refractivity contribution in [3.8, 4) is 0 Å². The molecule has 0 aliphatic carbocycles. The molecule has 3 rings (SSSR count). The highest BCUT2D eigenvalue weighted by Crippen LogP contribution is 2.24. The molecular weight excluding hydrogens is 230 g/mol. The number of nitrogen functional groups attached to an aromatic ring is 1. The predicted molar refractivity (Wildman–Crippen MR) is 67.3 cm³/mol.